The Kier molecular flexibility index (Phi) is 4.39. The van der Waals surface area contributed by atoms with Crippen molar-refractivity contribution >= 4 is 34.4 Å². The predicted octanol–water partition coefficient (Wildman–Crippen LogP) is 1.84. The first-order chi connectivity index (χ1) is 9.09. The Morgan fingerprint density at radius 2 is 2.21 bits per heavy atom. The second kappa shape index (κ2) is 6.03. The first kappa shape index (κ1) is 13.8. The summed E-state index contributed by atoms with van der Waals surface area (Å²) in [5, 5.41) is 14.5. The molecular formula is C12H15N5S2. The smallest absolute Gasteiger partial charge is 0.159 e. The number of thiocarbonyl (C=S) groups is 1. The Morgan fingerprint density at radius 3 is 2.84 bits per heavy atom. The fourth-order valence-corrected chi connectivity index (χ4v) is 2.57. The molecule has 0 aliphatic rings. The zero-order valence-corrected chi connectivity index (χ0v) is 12.4. The molecular weight excluding hydrogens is 278 g/mol. The van der Waals surface area contributed by atoms with Crippen molar-refractivity contribution in [3.63, 3.8) is 0 Å². The van der Waals surface area contributed by atoms with Crippen LogP contribution in [0.15, 0.2) is 11.6 Å². The molecule has 100 valence electrons. The van der Waals surface area contributed by atoms with Gasteiger partial charge in [0.25, 0.3) is 0 Å². The Morgan fingerprint density at radius 1 is 1.42 bits per heavy atom. The second-order valence-electron chi connectivity index (χ2n) is 4.10. The third-order valence-corrected chi connectivity index (χ3v) is 3.86. The summed E-state index contributed by atoms with van der Waals surface area (Å²) in [6.07, 6.45) is 2.64. The molecule has 0 aliphatic heterocycles. The number of hydrogen-bond donors (Lipinski definition) is 2. The summed E-state index contributed by atoms with van der Waals surface area (Å²) in [7, 11) is 0. The molecule has 7 heteroatoms. The Labute approximate surface area is 121 Å². The minimum atomic E-state index is 0.340. The zero-order valence-electron chi connectivity index (χ0n) is 10.8. The van der Waals surface area contributed by atoms with E-state index in [0.717, 1.165) is 34.8 Å². The molecule has 0 aromatic carbocycles. The molecule has 5 nitrogen and oxygen atoms in total. The molecule has 2 rings (SSSR count). The van der Waals surface area contributed by atoms with E-state index in [1.165, 1.54) is 0 Å². The third kappa shape index (κ3) is 3.24. The van der Waals surface area contributed by atoms with Crippen LogP contribution < -0.4 is 11.1 Å². The SMILES string of the molecule is Cc1nnc(NCCc2nccs2)c(C(N)=S)c1C. The topological polar surface area (TPSA) is 76.7 Å². The van der Waals surface area contributed by atoms with Crippen molar-refractivity contribution in [2.45, 2.75) is 20.3 Å². The van der Waals surface area contributed by atoms with Gasteiger partial charge in [0.15, 0.2) is 5.82 Å². The van der Waals surface area contributed by atoms with Crippen molar-refractivity contribution in [3.05, 3.63) is 33.4 Å². The lowest BCUT2D eigenvalue weighted by molar-refractivity contribution is 0.925. The van der Waals surface area contributed by atoms with Gasteiger partial charge >= 0.3 is 0 Å². The van der Waals surface area contributed by atoms with Crippen LogP contribution in [-0.4, -0.2) is 26.7 Å². The Hall–Kier alpha value is -1.60. The van der Waals surface area contributed by atoms with Crippen molar-refractivity contribution in [1.82, 2.24) is 15.2 Å². The largest absolute Gasteiger partial charge is 0.389 e. The van der Waals surface area contributed by atoms with Crippen LogP contribution in [0.4, 0.5) is 5.82 Å². The van der Waals surface area contributed by atoms with Crippen LogP contribution in [-0.2, 0) is 6.42 Å². The number of anilines is 1. The van der Waals surface area contributed by atoms with Gasteiger partial charge in [0.1, 0.15) is 4.99 Å². The number of aromatic nitrogens is 3. The number of nitrogens with one attached hydrogen (secondary N) is 1. The highest BCUT2D eigenvalue weighted by molar-refractivity contribution is 7.80. The minimum absolute atomic E-state index is 0.340. The molecule has 3 N–H and O–H groups in total. The molecule has 0 unspecified atom stereocenters. The summed E-state index contributed by atoms with van der Waals surface area (Å²) < 4.78 is 0. The zero-order chi connectivity index (χ0) is 13.8. The van der Waals surface area contributed by atoms with Crippen molar-refractivity contribution < 1.29 is 0 Å². The highest BCUT2D eigenvalue weighted by Gasteiger charge is 2.13. The number of aryl methyl sites for hydroxylation is 1. The maximum atomic E-state index is 5.76. The van der Waals surface area contributed by atoms with Gasteiger partial charge in [-0.2, -0.15) is 5.10 Å². The van der Waals surface area contributed by atoms with Crippen LogP contribution in [0.2, 0.25) is 0 Å². The third-order valence-electron chi connectivity index (χ3n) is 2.82. The molecule has 0 radical (unpaired) electrons. The second-order valence-corrected chi connectivity index (χ2v) is 5.52. The van der Waals surface area contributed by atoms with Crippen molar-refractivity contribution in [2.24, 2.45) is 5.73 Å². The number of nitrogens with zero attached hydrogens (tertiary/aromatic N) is 3. The molecule has 0 saturated heterocycles. The van der Waals surface area contributed by atoms with E-state index < -0.39 is 0 Å². The lowest BCUT2D eigenvalue weighted by atomic mass is 10.1. The normalized spacial score (nSPS) is 10.4. The van der Waals surface area contributed by atoms with Crippen LogP contribution in [0.5, 0.6) is 0 Å². The van der Waals surface area contributed by atoms with E-state index in [2.05, 4.69) is 20.5 Å². The maximum absolute atomic E-state index is 5.76. The average molecular weight is 293 g/mol. The molecule has 2 aromatic rings. The molecule has 0 bridgehead atoms. The Bertz CT molecular complexity index is 580. The first-order valence-electron chi connectivity index (χ1n) is 5.85. The number of rotatable bonds is 5. The molecule has 0 atom stereocenters. The number of hydrogen-bond acceptors (Lipinski definition) is 6. The van der Waals surface area contributed by atoms with Gasteiger partial charge in [-0.05, 0) is 19.4 Å². The van der Waals surface area contributed by atoms with E-state index in [1.54, 1.807) is 17.5 Å². The van der Waals surface area contributed by atoms with Gasteiger partial charge in [0, 0.05) is 24.5 Å². The number of thiazole rings is 1. The fraction of sp³-hybridized carbons (Fsp3) is 0.333. The van der Waals surface area contributed by atoms with E-state index in [0.29, 0.717) is 10.8 Å². The summed E-state index contributed by atoms with van der Waals surface area (Å²) in [4.78, 5) is 4.57. The minimum Gasteiger partial charge on any atom is -0.389 e. The standard InChI is InChI=1S/C12H15N5S2/c1-7-8(2)16-17-12(10(7)11(13)18)15-4-3-9-14-5-6-19-9/h5-6H,3-4H2,1-2H3,(H2,13,18)(H,15,17). The highest BCUT2D eigenvalue weighted by atomic mass is 32.1. The molecule has 0 aliphatic carbocycles. The predicted molar refractivity (Wildman–Crippen MR) is 81.7 cm³/mol. The van der Waals surface area contributed by atoms with Gasteiger partial charge in [-0.1, -0.05) is 12.2 Å². The van der Waals surface area contributed by atoms with Gasteiger partial charge in [0.2, 0.25) is 0 Å². The van der Waals surface area contributed by atoms with Gasteiger partial charge in [-0.15, -0.1) is 16.4 Å². The molecule has 2 aromatic heterocycles. The first-order valence-corrected chi connectivity index (χ1v) is 7.14. The summed E-state index contributed by atoms with van der Waals surface area (Å²) in [6.45, 7) is 4.56. The maximum Gasteiger partial charge on any atom is 0.159 e. The van der Waals surface area contributed by atoms with E-state index in [9.17, 15) is 0 Å². The molecule has 2 heterocycles. The van der Waals surface area contributed by atoms with Crippen LogP contribution >= 0.6 is 23.6 Å². The number of nitrogens with two attached hydrogens (primary N) is 1. The molecule has 0 fully saturated rings. The quantitative estimate of drug-likeness (QED) is 0.819. The molecule has 0 amide bonds. The summed E-state index contributed by atoms with van der Waals surface area (Å²) in [5.41, 5.74) is 8.36. The van der Waals surface area contributed by atoms with Crippen molar-refractivity contribution in [3.8, 4) is 0 Å². The van der Waals surface area contributed by atoms with Crippen LogP contribution in [0, 0.1) is 13.8 Å². The molecule has 0 saturated carbocycles. The van der Waals surface area contributed by atoms with Gasteiger partial charge in [-0.3, -0.25) is 0 Å². The molecule has 19 heavy (non-hydrogen) atoms. The lowest BCUT2D eigenvalue weighted by Gasteiger charge is -2.12. The Balaban J connectivity index is 2.11. The van der Waals surface area contributed by atoms with Crippen LogP contribution in [0.1, 0.15) is 21.8 Å². The van der Waals surface area contributed by atoms with E-state index >= 15 is 0 Å². The van der Waals surface area contributed by atoms with Crippen molar-refractivity contribution in [2.75, 3.05) is 11.9 Å². The van der Waals surface area contributed by atoms with Gasteiger partial charge in [-0.25, -0.2) is 4.98 Å². The van der Waals surface area contributed by atoms with E-state index in [1.807, 2.05) is 19.2 Å². The van der Waals surface area contributed by atoms with Crippen LogP contribution in [0.3, 0.4) is 0 Å². The van der Waals surface area contributed by atoms with Gasteiger partial charge < -0.3 is 11.1 Å². The fourth-order valence-electron chi connectivity index (χ4n) is 1.70. The summed E-state index contributed by atoms with van der Waals surface area (Å²) in [6, 6.07) is 0. The summed E-state index contributed by atoms with van der Waals surface area (Å²) >= 11 is 6.72. The molecule has 0 spiro atoms. The monoisotopic (exact) mass is 293 g/mol. The van der Waals surface area contributed by atoms with E-state index in [-0.39, 0.29) is 0 Å². The van der Waals surface area contributed by atoms with Crippen LogP contribution in [0.25, 0.3) is 0 Å². The van der Waals surface area contributed by atoms with Gasteiger partial charge in [0.05, 0.1) is 16.3 Å². The lowest BCUT2D eigenvalue weighted by Crippen LogP contribution is -2.19. The average Bonchev–Trinajstić information content (AvgIpc) is 2.86. The van der Waals surface area contributed by atoms with E-state index in [4.69, 9.17) is 18.0 Å². The summed E-state index contributed by atoms with van der Waals surface area (Å²) in [5.74, 6) is 0.646. The highest BCUT2D eigenvalue weighted by Crippen LogP contribution is 2.18. The van der Waals surface area contributed by atoms with Crippen molar-refractivity contribution in [1.29, 1.82) is 0 Å².